The van der Waals surface area contributed by atoms with Crippen LogP contribution in [0.25, 0.3) is 72.8 Å². The van der Waals surface area contributed by atoms with Gasteiger partial charge in [-0.3, -0.25) is 0 Å². The molecule has 1 N–H and O–H groups in total. The Hall–Kier alpha value is -7.56. The standard InChI is InChI=1S/C56H44N4/c1-3-4-24-50-38(2)45-21-11-14-25-51(45)59(50)44-33-34-49(57-37-44)40-30-28-39(29-31-40)41-32-35-54-48(36-41)56-55(46-22-12-15-26-52(46)58(54)42-17-7-5-8-18-42)47-23-13-16-27-53(47)60(56)43-19-9-6-10-20-43/h4-37,49,57H,3H2,1-2H3/b24-4-. The number of nitrogens with one attached hydrogen (secondary N) is 1. The molecule has 4 heterocycles. The molecular formula is C56H44N4. The molecule has 4 nitrogen and oxygen atoms in total. The summed E-state index contributed by atoms with van der Waals surface area (Å²) in [6.07, 6.45) is 12.2. The van der Waals surface area contributed by atoms with Crippen molar-refractivity contribution in [2.24, 2.45) is 0 Å². The molecule has 0 fully saturated rings. The highest BCUT2D eigenvalue weighted by Gasteiger charge is 2.31. The summed E-state index contributed by atoms with van der Waals surface area (Å²) in [7, 11) is 0. The molecule has 0 bridgehead atoms. The molecule has 2 aliphatic heterocycles. The van der Waals surface area contributed by atoms with Gasteiger partial charge >= 0.3 is 0 Å². The van der Waals surface area contributed by atoms with Crippen molar-refractivity contribution in [2.75, 3.05) is 4.90 Å². The zero-order valence-corrected chi connectivity index (χ0v) is 33.8. The Morgan fingerprint density at radius 2 is 1.22 bits per heavy atom. The normalized spacial score (nSPS) is 14.5. The van der Waals surface area contributed by atoms with Crippen LogP contribution >= 0.6 is 0 Å². The SMILES string of the molecule is CC/C=C\c1c(C)c2ccccc2n1C1=CNC(c2ccc(-c3ccc4c(c3)-c3c(c5ccccc5n3-c3ccccc3)-c3ccccc3N4c3ccccc3)cc2)C=C1. The van der Waals surface area contributed by atoms with Crippen molar-refractivity contribution in [1.29, 1.82) is 0 Å². The van der Waals surface area contributed by atoms with Crippen LogP contribution in [0.15, 0.2) is 200 Å². The number of fused-ring (bicyclic) bond motifs is 8. The van der Waals surface area contributed by atoms with Gasteiger partial charge in [0.2, 0.25) is 0 Å². The third kappa shape index (κ3) is 5.75. The summed E-state index contributed by atoms with van der Waals surface area (Å²) in [6.45, 7) is 4.41. The Balaban J connectivity index is 1.01. The van der Waals surface area contributed by atoms with E-state index in [2.05, 4.69) is 240 Å². The first-order chi connectivity index (χ1) is 29.7. The summed E-state index contributed by atoms with van der Waals surface area (Å²) in [4.78, 5) is 2.44. The summed E-state index contributed by atoms with van der Waals surface area (Å²) in [6, 6.07) is 64.1. The van der Waals surface area contributed by atoms with E-state index in [1.54, 1.807) is 0 Å². The van der Waals surface area contributed by atoms with Gasteiger partial charge in [0.25, 0.3) is 0 Å². The van der Waals surface area contributed by atoms with E-state index in [4.69, 9.17) is 0 Å². The number of benzene rings is 7. The highest BCUT2D eigenvalue weighted by Crippen LogP contribution is 2.55. The molecule has 2 aliphatic rings. The first-order valence-corrected chi connectivity index (χ1v) is 21.0. The predicted molar refractivity (Wildman–Crippen MR) is 253 cm³/mol. The molecule has 1 unspecified atom stereocenters. The first kappa shape index (κ1) is 35.6. The van der Waals surface area contributed by atoms with Crippen LogP contribution in [0.4, 0.5) is 17.1 Å². The van der Waals surface area contributed by atoms with Crippen molar-refractivity contribution in [2.45, 2.75) is 26.3 Å². The van der Waals surface area contributed by atoms with Crippen molar-refractivity contribution in [3.63, 3.8) is 0 Å². The van der Waals surface area contributed by atoms with Crippen molar-refractivity contribution >= 4 is 50.6 Å². The molecule has 0 amide bonds. The molecule has 0 saturated carbocycles. The quantitative estimate of drug-likeness (QED) is 0.175. The average molecular weight is 773 g/mol. The molecule has 0 saturated heterocycles. The van der Waals surface area contributed by atoms with Crippen LogP contribution in [0, 0.1) is 6.92 Å². The Labute approximate surface area is 351 Å². The monoisotopic (exact) mass is 772 g/mol. The maximum Gasteiger partial charge on any atom is 0.0697 e. The maximum atomic E-state index is 3.72. The van der Waals surface area contributed by atoms with Crippen LogP contribution in [0.5, 0.6) is 0 Å². The third-order valence-electron chi connectivity index (χ3n) is 12.2. The molecule has 11 rings (SSSR count). The van der Waals surface area contributed by atoms with Gasteiger partial charge in [-0.05, 0) is 102 Å². The molecule has 2 aromatic heterocycles. The van der Waals surface area contributed by atoms with Gasteiger partial charge in [0.1, 0.15) is 0 Å². The van der Waals surface area contributed by atoms with Crippen molar-refractivity contribution in [3.05, 3.63) is 217 Å². The van der Waals surface area contributed by atoms with E-state index in [9.17, 15) is 0 Å². The molecule has 9 aromatic rings. The minimum atomic E-state index is 0.0643. The summed E-state index contributed by atoms with van der Waals surface area (Å²) < 4.78 is 4.84. The second-order valence-corrected chi connectivity index (χ2v) is 15.7. The molecular weight excluding hydrogens is 729 g/mol. The zero-order valence-electron chi connectivity index (χ0n) is 33.8. The molecule has 0 radical (unpaired) electrons. The van der Waals surface area contributed by atoms with Crippen LogP contribution in [0.3, 0.4) is 0 Å². The molecule has 288 valence electrons. The van der Waals surface area contributed by atoms with Crippen LogP contribution in [-0.2, 0) is 0 Å². The first-order valence-electron chi connectivity index (χ1n) is 21.0. The fourth-order valence-electron chi connectivity index (χ4n) is 9.41. The smallest absolute Gasteiger partial charge is 0.0697 e. The molecule has 7 aromatic carbocycles. The lowest BCUT2D eigenvalue weighted by Gasteiger charge is -2.28. The van der Waals surface area contributed by atoms with Gasteiger partial charge in [-0.25, -0.2) is 0 Å². The molecule has 4 heteroatoms. The van der Waals surface area contributed by atoms with Gasteiger partial charge in [-0.1, -0.05) is 140 Å². The Morgan fingerprint density at radius 3 is 1.95 bits per heavy atom. The fraction of sp³-hybridized carbons (Fsp3) is 0.0714. The van der Waals surface area contributed by atoms with Crippen LogP contribution < -0.4 is 10.2 Å². The molecule has 60 heavy (non-hydrogen) atoms. The Bertz CT molecular complexity index is 3160. The Kier molecular flexibility index (Phi) is 8.70. The second-order valence-electron chi connectivity index (χ2n) is 15.7. The minimum absolute atomic E-state index is 0.0643. The maximum absolute atomic E-state index is 3.72. The number of allylic oxidation sites excluding steroid dienone is 3. The second kappa shape index (κ2) is 14.7. The molecule has 0 aliphatic carbocycles. The van der Waals surface area contributed by atoms with Crippen molar-refractivity contribution in [1.82, 2.24) is 14.5 Å². The van der Waals surface area contributed by atoms with E-state index in [0.717, 1.165) is 34.9 Å². The van der Waals surface area contributed by atoms with Gasteiger partial charge < -0.3 is 19.4 Å². The highest BCUT2D eigenvalue weighted by molar-refractivity contribution is 6.13. The highest BCUT2D eigenvalue weighted by atomic mass is 15.2. The zero-order chi connectivity index (χ0) is 40.2. The lowest BCUT2D eigenvalue weighted by molar-refractivity contribution is 0.744. The van der Waals surface area contributed by atoms with Gasteiger partial charge in [-0.2, -0.15) is 0 Å². The summed E-state index contributed by atoms with van der Waals surface area (Å²) in [5, 5.41) is 6.24. The lowest BCUT2D eigenvalue weighted by Crippen LogP contribution is -2.18. The van der Waals surface area contributed by atoms with E-state index >= 15 is 0 Å². The van der Waals surface area contributed by atoms with Gasteiger partial charge in [0.05, 0.1) is 39.8 Å². The molecule has 1 atom stereocenters. The number of aromatic nitrogens is 2. The number of aryl methyl sites for hydroxylation is 1. The van der Waals surface area contributed by atoms with Gasteiger partial charge in [-0.15, -0.1) is 0 Å². The van der Waals surface area contributed by atoms with Crippen LogP contribution in [-0.4, -0.2) is 9.13 Å². The number of anilines is 3. The molecule has 0 spiro atoms. The number of nitrogens with zero attached hydrogens (tertiary/aromatic N) is 3. The predicted octanol–water partition coefficient (Wildman–Crippen LogP) is 14.8. The van der Waals surface area contributed by atoms with Gasteiger partial charge in [0, 0.05) is 50.7 Å². The number of hydrogen-bond acceptors (Lipinski definition) is 2. The van der Waals surface area contributed by atoms with E-state index in [-0.39, 0.29) is 6.04 Å². The largest absolute Gasteiger partial charge is 0.379 e. The average Bonchev–Trinajstić information content (AvgIpc) is 3.76. The van der Waals surface area contributed by atoms with Crippen LogP contribution in [0.2, 0.25) is 0 Å². The number of dihydropyridines is 1. The van der Waals surface area contributed by atoms with E-state index in [1.807, 2.05) is 0 Å². The summed E-state index contributed by atoms with van der Waals surface area (Å²) in [5.41, 5.74) is 19.1. The van der Waals surface area contributed by atoms with E-state index < -0.39 is 0 Å². The fourth-order valence-corrected chi connectivity index (χ4v) is 9.41. The minimum Gasteiger partial charge on any atom is -0.379 e. The third-order valence-corrected chi connectivity index (χ3v) is 12.2. The van der Waals surface area contributed by atoms with Crippen molar-refractivity contribution in [3.8, 4) is 39.2 Å². The number of hydrogen-bond donors (Lipinski definition) is 1. The van der Waals surface area contributed by atoms with Crippen molar-refractivity contribution < 1.29 is 0 Å². The summed E-state index contributed by atoms with van der Waals surface area (Å²) >= 11 is 0. The lowest BCUT2D eigenvalue weighted by atomic mass is 9.95. The summed E-state index contributed by atoms with van der Waals surface area (Å²) in [5.74, 6) is 0. The van der Waals surface area contributed by atoms with E-state index in [0.29, 0.717) is 0 Å². The topological polar surface area (TPSA) is 25.1 Å². The van der Waals surface area contributed by atoms with Gasteiger partial charge in [0.15, 0.2) is 0 Å². The number of para-hydroxylation sites is 5. The van der Waals surface area contributed by atoms with Crippen LogP contribution in [0.1, 0.15) is 36.2 Å². The van der Waals surface area contributed by atoms with E-state index in [1.165, 1.54) is 72.1 Å². The number of rotatable bonds is 7. The Morgan fingerprint density at radius 1 is 0.583 bits per heavy atom.